The zero-order valence-electron chi connectivity index (χ0n) is 12.9. The van der Waals surface area contributed by atoms with Crippen LogP contribution in [0.4, 0.5) is 0 Å². The highest BCUT2D eigenvalue weighted by Gasteiger charge is 2.06. The van der Waals surface area contributed by atoms with Crippen LogP contribution in [-0.4, -0.2) is 17.0 Å². The molecule has 23 heavy (non-hydrogen) atoms. The molecule has 0 radical (unpaired) electrons. The molecule has 124 valence electrons. The number of carboxylic acid groups (broad SMARTS) is 1. The third-order valence-electron chi connectivity index (χ3n) is 3.14. The van der Waals surface area contributed by atoms with Crippen molar-refractivity contribution in [2.45, 2.75) is 38.5 Å². The standard InChI is InChI=1S/C17H21NO5/c18-17(22)14-12-23-13(11-15(14)19)9-7-5-3-1-2-4-6-8-10-16(20)21/h3,5,7,9,11-12H,1-2,4,6,8,10H2,(H2,18,22)(H,20,21)/b5-3+,9-7+. The van der Waals surface area contributed by atoms with Crippen molar-refractivity contribution in [1.82, 2.24) is 0 Å². The van der Waals surface area contributed by atoms with Crippen LogP contribution in [0.5, 0.6) is 0 Å². The Labute approximate surface area is 134 Å². The first kappa shape index (κ1) is 18.4. The van der Waals surface area contributed by atoms with Gasteiger partial charge in [0.25, 0.3) is 5.91 Å². The van der Waals surface area contributed by atoms with Crippen molar-refractivity contribution in [3.05, 3.63) is 52.1 Å². The van der Waals surface area contributed by atoms with Gasteiger partial charge in [0.05, 0.1) is 0 Å². The minimum absolute atomic E-state index is 0.166. The number of aliphatic carboxylic acids is 1. The first-order valence-corrected chi connectivity index (χ1v) is 7.48. The van der Waals surface area contributed by atoms with E-state index < -0.39 is 17.3 Å². The van der Waals surface area contributed by atoms with Crippen LogP contribution in [0, 0.1) is 0 Å². The molecule has 0 saturated carbocycles. The minimum Gasteiger partial charge on any atom is -0.481 e. The molecule has 1 rings (SSSR count). The second-order valence-corrected chi connectivity index (χ2v) is 5.06. The highest BCUT2D eigenvalue weighted by atomic mass is 16.4. The molecule has 0 atom stereocenters. The lowest BCUT2D eigenvalue weighted by atomic mass is 10.1. The molecule has 1 aromatic rings. The van der Waals surface area contributed by atoms with Crippen LogP contribution in [0.2, 0.25) is 0 Å². The largest absolute Gasteiger partial charge is 0.481 e. The summed E-state index contributed by atoms with van der Waals surface area (Å²) in [4.78, 5) is 32.8. The first-order valence-electron chi connectivity index (χ1n) is 7.48. The van der Waals surface area contributed by atoms with Crippen molar-refractivity contribution < 1.29 is 19.1 Å². The number of nitrogens with two attached hydrogens (primary N) is 1. The molecule has 0 aromatic carbocycles. The first-order chi connectivity index (χ1) is 11.0. The molecule has 0 bridgehead atoms. The van der Waals surface area contributed by atoms with E-state index >= 15 is 0 Å². The Bertz CT molecular complexity index is 643. The van der Waals surface area contributed by atoms with Crippen molar-refractivity contribution in [2.24, 2.45) is 5.73 Å². The summed E-state index contributed by atoms with van der Waals surface area (Å²) in [6.45, 7) is 0. The maximum atomic E-state index is 11.5. The molecule has 0 unspecified atom stereocenters. The van der Waals surface area contributed by atoms with Gasteiger partial charge in [-0.1, -0.05) is 31.1 Å². The third-order valence-corrected chi connectivity index (χ3v) is 3.14. The van der Waals surface area contributed by atoms with Crippen LogP contribution in [0.25, 0.3) is 6.08 Å². The summed E-state index contributed by atoms with van der Waals surface area (Å²) < 4.78 is 5.12. The molecule has 6 heteroatoms. The summed E-state index contributed by atoms with van der Waals surface area (Å²) in [7, 11) is 0. The van der Waals surface area contributed by atoms with E-state index in [2.05, 4.69) is 0 Å². The smallest absolute Gasteiger partial charge is 0.303 e. The summed E-state index contributed by atoms with van der Waals surface area (Å²) in [5.41, 5.74) is 4.39. The molecule has 0 aliphatic carbocycles. The number of unbranched alkanes of at least 4 members (excludes halogenated alkanes) is 4. The number of hydrogen-bond donors (Lipinski definition) is 2. The lowest BCUT2D eigenvalue weighted by Crippen LogP contribution is -2.20. The highest BCUT2D eigenvalue weighted by Crippen LogP contribution is 2.06. The Hall–Kier alpha value is -2.63. The van der Waals surface area contributed by atoms with Crippen molar-refractivity contribution in [1.29, 1.82) is 0 Å². The second kappa shape index (κ2) is 10.2. The molecule has 0 aliphatic heterocycles. The van der Waals surface area contributed by atoms with Gasteiger partial charge in [0.15, 0.2) is 5.43 Å². The van der Waals surface area contributed by atoms with Gasteiger partial charge in [-0.25, -0.2) is 0 Å². The average Bonchev–Trinajstić information content (AvgIpc) is 2.48. The molecule has 0 aliphatic rings. The number of primary amides is 1. The Balaban J connectivity index is 2.28. The second-order valence-electron chi connectivity index (χ2n) is 5.06. The number of allylic oxidation sites excluding steroid dienone is 3. The van der Waals surface area contributed by atoms with E-state index in [1.165, 1.54) is 6.07 Å². The van der Waals surface area contributed by atoms with Gasteiger partial charge in [-0.15, -0.1) is 0 Å². The van der Waals surface area contributed by atoms with Gasteiger partial charge in [-0.2, -0.15) is 0 Å². The molecule has 3 N–H and O–H groups in total. The fourth-order valence-corrected chi connectivity index (χ4v) is 1.91. The summed E-state index contributed by atoms with van der Waals surface area (Å²) in [5, 5.41) is 8.50. The van der Waals surface area contributed by atoms with Crippen LogP contribution in [0.15, 0.2) is 39.8 Å². The van der Waals surface area contributed by atoms with E-state index in [1.807, 2.05) is 12.2 Å². The SMILES string of the molecule is NC(=O)c1coc(/C=C/C=C/CCCCCCC(=O)O)cc1=O. The number of carbonyl (C=O) groups excluding carboxylic acids is 1. The predicted molar refractivity (Wildman–Crippen MR) is 87.0 cm³/mol. The molecule has 0 fully saturated rings. The summed E-state index contributed by atoms with van der Waals surface area (Å²) in [6, 6.07) is 1.22. The van der Waals surface area contributed by atoms with E-state index in [-0.39, 0.29) is 12.0 Å². The Morgan fingerprint density at radius 2 is 1.91 bits per heavy atom. The van der Waals surface area contributed by atoms with Crippen LogP contribution >= 0.6 is 0 Å². The Morgan fingerprint density at radius 3 is 2.57 bits per heavy atom. The van der Waals surface area contributed by atoms with Gasteiger partial charge >= 0.3 is 5.97 Å². The van der Waals surface area contributed by atoms with Crippen molar-refractivity contribution in [2.75, 3.05) is 0 Å². The monoisotopic (exact) mass is 319 g/mol. The molecule has 1 heterocycles. The van der Waals surface area contributed by atoms with Crippen LogP contribution in [-0.2, 0) is 4.79 Å². The van der Waals surface area contributed by atoms with Gasteiger partial charge in [0.2, 0.25) is 0 Å². The number of carbonyl (C=O) groups is 2. The fourth-order valence-electron chi connectivity index (χ4n) is 1.91. The Kier molecular flexibility index (Phi) is 8.13. The van der Waals surface area contributed by atoms with Gasteiger partial charge in [0, 0.05) is 12.5 Å². The summed E-state index contributed by atoms with van der Waals surface area (Å²) in [5.74, 6) is -1.21. The van der Waals surface area contributed by atoms with Gasteiger partial charge in [-0.05, 0) is 25.3 Å². The maximum absolute atomic E-state index is 11.5. The van der Waals surface area contributed by atoms with Gasteiger partial charge in [0.1, 0.15) is 17.6 Å². The predicted octanol–water partition coefficient (Wildman–Crippen LogP) is 2.73. The minimum atomic E-state index is -0.808. The summed E-state index contributed by atoms with van der Waals surface area (Å²) in [6.07, 6.45) is 13.1. The van der Waals surface area contributed by atoms with E-state index in [0.717, 1.165) is 38.4 Å². The Morgan fingerprint density at radius 1 is 1.17 bits per heavy atom. The van der Waals surface area contributed by atoms with Crippen LogP contribution in [0.1, 0.15) is 54.6 Å². The molecule has 6 nitrogen and oxygen atoms in total. The molecule has 0 spiro atoms. The van der Waals surface area contributed by atoms with Crippen LogP contribution in [0.3, 0.4) is 0 Å². The van der Waals surface area contributed by atoms with E-state index in [9.17, 15) is 14.4 Å². The number of amides is 1. The lowest BCUT2D eigenvalue weighted by Gasteiger charge is -1.96. The third kappa shape index (κ3) is 7.80. The lowest BCUT2D eigenvalue weighted by molar-refractivity contribution is -0.137. The number of hydrogen-bond acceptors (Lipinski definition) is 4. The van der Waals surface area contributed by atoms with E-state index in [1.54, 1.807) is 12.2 Å². The average molecular weight is 319 g/mol. The van der Waals surface area contributed by atoms with Gasteiger partial charge in [-0.3, -0.25) is 14.4 Å². The quantitative estimate of drug-likeness (QED) is 0.509. The molecular formula is C17H21NO5. The van der Waals surface area contributed by atoms with E-state index in [0.29, 0.717) is 5.76 Å². The maximum Gasteiger partial charge on any atom is 0.303 e. The highest BCUT2D eigenvalue weighted by molar-refractivity contribution is 5.92. The van der Waals surface area contributed by atoms with Gasteiger partial charge < -0.3 is 15.3 Å². The number of rotatable bonds is 10. The molecular weight excluding hydrogens is 298 g/mol. The normalized spacial score (nSPS) is 11.3. The molecule has 0 saturated heterocycles. The zero-order valence-corrected chi connectivity index (χ0v) is 12.9. The van der Waals surface area contributed by atoms with Crippen LogP contribution < -0.4 is 11.2 Å². The fraction of sp³-hybridized carbons (Fsp3) is 0.353. The van der Waals surface area contributed by atoms with E-state index in [4.69, 9.17) is 15.3 Å². The number of carboxylic acids is 1. The van der Waals surface area contributed by atoms with Crippen molar-refractivity contribution >= 4 is 18.0 Å². The van der Waals surface area contributed by atoms with Crippen molar-refractivity contribution in [3.8, 4) is 0 Å². The molecule has 1 amide bonds. The summed E-state index contributed by atoms with van der Waals surface area (Å²) >= 11 is 0. The topological polar surface area (TPSA) is 111 Å². The van der Waals surface area contributed by atoms with Crippen molar-refractivity contribution in [3.63, 3.8) is 0 Å². The zero-order chi connectivity index (χ0) is 17.1. The molecule has 1 aromatic heterocycles.